The zero-order valence-electron chi connectivity index (χ0n) is 9.01. The Balaban J connectivity index is 2.67. The maximum Gasteiger partial charge on any atom is 0.134 e. The lowest BCUT2D eigenvalue weighted by Crippen LogP contribution is -2.18. The Labute approximate surface area is 94.2 Å². The van der Waals surface area contributed by atoms with E-state index in [4.69, 9.17) is 4.42 Å². The van der Waals surface area contributed by atoms with Gasteiger partial charge in [-0.3, -0.25) is 0 Å². The molecule has 0 aliphatic heterocycles. The molecular weight excluding hydrogens is 242 g/mol. The molecule has 0 fully saturated rings. The van der Waals surface area contributed by atoms with Crippen molar-refractivity contribution in [3.63, 3.8) is 0 Å². The first-order valence-electron chi connectivity index (χ1n) is 5.09. The van der Waals surface area contributed by atoms with Gasteiger partial charge in [-0.25, -0.2) is 0 Å². The Kier molecular flexibility index (Phi) is 4.69. The van der Waals surface area contributed by atoms with E-state index < -0.39 is 0 Å². The van der Waals surface area contributed by atoms with E-state index in [0.29, 0.717) is 12.0 Å². The average Bonchev–Trinajstić information content (AvgIpc) is 2.60. The van der Waals surface area contributed by atoms with Gasteiger partial charge < -0.3 is 9.73 Å². The highest BCUT2D eigenvalue weighted by Crippen LogP contribution is 2.29. The minimum Gasteiger partial charge on any atom is -0.466 e. The predicted octanol–water partition coefficient (Wildman–Crippen LogP) is 3.74. The molecule has 14 heavy (non-hydrogen) atoms. The van der Waals surface area contributed by atoms with Gasteiger partial charge in [0, 0.05) is 0 Å². The van der Waals surface area contributed by atoms with E-state index in [1.54, 1.807) is 6.26 Å². The van der Waals surface area contributed by atoms with Crippen molar-refractivity contribution in [3.8, 4) is 0 Å². The summed E-state index contributed by atoms with van der Waals surface area (Å²) < 4.78 is 6.51. The lowest BCUT2D eigenvalue weighted by molar-refractivity contribution is 0.360. The molecule has 1 rings (SSSR count). The molecule has 2 nitrogen and oxygen atoms in total. The van der Waals surface area contributed by atoms with Gasteiger partial charge in [-0.2, -0.15) is 0 Å². The summed E-state index contributed by atoms with van der Waals surface area (Å²) in [6.45, 7) is 4.48. The highest BCUT2D eigenvalue weighted by atomic mass is 79.9. The summed E-state index contributed by atoms with van der Waals surface area (Å²) in [4.78, 5) is 0. The summed E-state index contributed by atoms with van der Waals surface area (Å²) >= 11 is 3.49. The molecule has 2 atom stereocenters. The molecule has 3 heteroatoms. The molecule has 1 aromatic rings. The fraction of sp³-hybridized carbons (Fsp3) is 0.636. The van der Waals surface area contributed by atoms with Gasteiger partial charge >= 0.3 is 0 Å². The van der Waals surface area contributed by atoms with Crippen molar-refractivity contribution in [1.82, 2.24) is 5.32 Å². The standard InChI is InChI=1S/C11H18BrNO/c1-4-8(2)7-10(13-3)11-9(12)5-6-14-11/h5-6,8,10,13H,4,7H2,1-3H3. The maximum atomic E-state index is 5.45. The molecule has 0 bridgehead atoms. The molecule has 0 radical (unpaired) electrons. The van der Waals surface area contributed by atoms with Gasteiger partial charge in [0.05, 0.1) is 16.8 Å². The van der Waals surface area contributed by atoms with Gasteiger partial charge in [0.25, 0.3) is 0 Å². The minimum absolute atomic E-state index is 0.314. The van der Waals surface area contributed by atoms with Crippen LogP contribution in [0.15, 0.2) is 21.2 Å². The topological polar surface area (TPSA) is 25.2 Å². The summed E-state index contributed by atoms with van der Waals surface area (Å²) in [6.07, 6.45) is 4.04. The van der Waals surface area contributed by atoms with Crippen LogP contribution in [0.25, 0.3) is 0 Å². The largest absolute Gasteiger partial charge is 0.466 e. The van der Waals surface area contributed by atoms with Crippen LogP contribution in [0.1, 0.15) is 38.5 Å². The number of furan rings is 1. The molecule has 0 spiro atoms. The van der Waals surface area contributed by atoms with Crippen molar-refractivity contribution in [2.45, 2.75) is 32.7 Å². The van der Waals surface area contributed by atoms with Crippen LogP contribution in [0.5, 0.6) is 0 Å². The van der Waals surface area contributed by atoms with E-state index in [0.717, 1.165) is 16.7 Å². The van der Waals surface area contributed by atoms with Gasteiger partial charge in [0.1, 0.15) is 5.76 Å². The molecule has 0 aliphatic rings. The van der Waals surface area contributed by atoms with E-state index in [-0.39, 0.29) is 0 Å². The van der Waals surface area contributed by atoms with E-state index in [1.165, 1.54) is 6.42 Å². The fourth-order valence-electron chi connectivity index (χ4n) is 1.48. The van der Waals surface area contributed by atoms with Crippen LogP contribution in [0.4, 0.5) is 0 Å². The number of nitrogens with one attached hydrogen (secondary N) is 1. The number of hydrogen-bond acceptors (Lipinski definition) is 2. The van der Waals surface area contributed by atoms with Crippen molar-refractivity contribution in [3.05, 3.63) is 22.6 Å². The van der Waals surface area contributed by atoms with Crippen molar-refractivity contribution < 1.29 is 4.42 Å². The second-order valence-electron chi connectivity index (χ2n) is 3.72. The molecule has 1 aromatic heterocycles. The second-order valence-corrected chi connectivity index (χ2v) is 4.58. The van der Waals surface area contributed by atoms with Crippen molar-refractivity contribution >= 4 is 15.9 Å². The highest BCUT2D eigenvalue weighted by molar-refractivity contribution is 9.10. The van der Waals surface area contributed by atoms with Crippen LogP contribution < -0.4 is 5.32 Å². The SMILES string of the molecule is CCC(C)CC(NC)c1occc1Br. The lowest BCUT2D eigenvalue weighted by atomic mass is 9.98. The normalized spacial score (nSPS) is 15.4. The zero-order valence-corrected chi connectivity index (χ0v) is 10.6. The summed E-state index contributed by atoms with van der Waals surface area (Å²) in [7, 11) is 1.97. The molecule has 0 aliphatic carbocycles. The number of rotatable bonds is 5. The Morgan fingerprint density at radius 1 is 1.57 bits per heavy atom. The third kappa shape index (κ3) is 2.85. The van der Waals surface area contributed by atoms with Crippen LogP contribution in [0.2, 0.25) is 0 Å². The monoisotopic (exact) mass is 259 g/mol. The molecule has 0 saturated carbocycles. The fourth-order valence-corrected chi connectivity index (χ4v) is 1.96. The van der Waals surface area contributed by atoms with Gasteiger partial charge in [-0.05, 0) is 41.4 Å². The van der Waals surface area contributed by atoms with Crippen molar-refractivity contribution in [1.29, 1.82) is 0 Å². The van der Waals surface area contributed by atoms with Gasteiger partial charge in [-0.15, -0.1) is 0 Å². The Morgan fingerprint density at radius 2 is 2.29 bits per heavy atom. The smallest absolute Gasteiger partial charge is 0.134 e. The molecule has 2 unspecified atom stereocenters. The Bertz CT molecular complexity index is 272. The van der Waals surface area contributed by atoms with E-state index in [2.05, 4.69) is 35.1 Å². The second kappa shape index (κ2) is 5.56. The summed E-state index contributed by atoms with van der Waals surface area (Å²) in [5.41, 5.74) is 0. The number of halogens is 1. The van der Waals surface area contributed by atoms with E-state index in [1.807, 2.05) is 13.1 Å². The van der Waals surface area contributed by atoms with Crippen LogP contribution >= 0.6 is 15.9 Å². The zero-order chi connectivity index (χ0) is 10.6. The number of hydrogen-bond donors (Lipinski definition) is 1. The Hall–Kier alpha value is -0.280. The first-order chi connectivity index (χ1) is 6.69. The van der Waals surface area contributed by atoms with Crippen LogP contribution in [0, 0.1) is 5.92 Å². The molecule has 0 aromatic carbocycles. The third-order valence-corrected chi connectivity index (χ3v) is 3.30. The van der Waals surface area contributed by atoms with Crippen molar-refractivity contribution in [2.75, 3.05) is 7.05 Å². The molecule has 80 valence electrons. The summed E-state index contributed by atoms with van der Waals surface area (Å²) in [5.74, 6) is 1.72. The Morgan fingerprint density at radius 3 is 2.71 bits per heavy atom. The van der Waals surface area contributed by atoms with Crippen LogP contribution in [0.3, 0.4) is 0 Å². The summed E-state index contributed by atoms with van der Waals surface area (Å²) in [6, 6.07) is 2.25. The predicted molar refractivity (Wildman–Crippen MR) is 62.3 cm³/mol. The lowest BCUT2D eigenvalue weighted by Gasteiger charge is -2.18. The van der Waals surface area contributed by atoms with Crippen LogP contribution in [-0.2, 0) is 0 Å². The minimum atomic E-state index is 0.314. The quantitative estimate of drug-likeness (QED) is 0.872. The highest BCUT2D eigenvalue weighted by Gasteiger charge is 2.17. The first kappa shape index (κ1) is 11.8. The van der Waals surface area contributed by atoms with Crippen LogP contribution in [-0.4, -0.2) is 7.05 Å². The molecule has 0 saturated heterocycles. The van der Waals surface area contributed by atoms with Gasteiger partial charge in [0.2, 0.25) is 0 Å². The van der Waals surface area contributed by atoms with Crippen molar-refractivity contribution in [2.24, 2.45) is 5.92 Å². The van der Waals surface area contributed by atoms with E-state index >= 15 is 0 Å². The first-order valence-corrected chi connectivity index (χ1v) is 5.88. The molecule has 1 N–H and O–H groups in total. The molecular formula is C11H18BrNO. The molecule has 1 heterocycles. The van der Waals surface area contributed by atoms with Gasteiger partial charge in [-0.1, -0.05) is 20.3 Å². The van der Waals surface area contributed by atoms with E-state index in [9.17, 15) is 0 Å². The maximum absolute atomic E-state index is 5.45. The average molecular weight is 260 g/mol. The summed E-state index contributed by atoms with van der Waals surface area (Å²) in [5, 5.41) is 3.29. The molecule has 0 amide bonds. The van der Waals surface area contributed by atoms with Gasteiger partial charge in [0.15, 0.2) is 0 Å². The third-order valence-electron chi connectivity index (χ3n) is 2.64.